The number of aromatic nitrogens is 2. The minimum absolute atomic E-state index is 0.302. The Balaban J connectivity index is 1.56. The molecule has 144 valence electrons. The Morgan fingerprint density at radius 3 is 2.17 bits per heavy atom. The number of hydrogen-bond acceptors (Lipinski definition) is 3. The largest absolute Gasteiger partial charge is 0.364 e. The van der Waals surface area contributed by atoms with Gasteiger partial charge in [0.2, 0.25) is 0 Å². The van der Waals surface area contributed by atoms with Crippen molar-refractivity contribution >= 4 is 34.3 Å². The van der Waals surface area contributed by atoms with Crippen LogP contribution in [0.15, 0.2) is 66.9 Å². The zero-order chi connectivity index (χ0) is 20.4. The van der Waals surface area contributed by atoms with Crippen LogP contribution in [0.2, 0.25) is 0 Å². The summed E-state index contributed by atoms with van der Waals surface area (Å²) in [6.07, 6.45) is 1.66. The second-order valence-corrected chi connectivity index (χ2v) is 6.66. The summed E-state index contributed by atoms with van der Waals surface area (Å²) in [5.41, 5.74) is 11.1. The monoisotopic (exact) mass is 385 g/mol. The van der Waals surface area contributed by atoms with E-state index >= 15 is 0 Å². The van der Waals surface area contributed by atoms with E-state index in [4.69, 9.17) is 5.73 Å². The number of primary amides is 1. The van der Waals surface area contributed by atoms with Gasteiger partial charge in [-0.2, -0.15) is 0 Å². The number of nitrogens with zero attached hydrogens (tertiary/aromatic N) is 1. The Labute approximate surface area is 167 Å². The third-order valence-electron chi connectivity index (χ3n) is 4.54. The summed E-state index contributed by atoms with van der Waals surface area (Å²) >= 11 is 0. The number of amides is 3. The van der Waals surface area contributed by atoms with Gasteiger partial charge in [0, 0.05) is 23.1 Å². The summed E-state index contributed by atoms with van der Waals surface area (Å²) in [7, 11) is 0. The molecule has 0 aliphatic rings. The average molecular weight is 385 g/mol. The van der Waals surface area contributed by atoms with E-state index in [0.29, 0.717) is 28.1 Å². The molecule has 5 N–H and O–H groups in total. The molecule has 0 aliphatic carbocycles. The van der Waals surface area contributed by atoms with Crippen molar-refractivity contribution in [2.45, 2.75) is 6.92 Å². The number of aromatic amines is 1. The molecule has 4 aromatic rings. The number of benzene rings is 2. The van der Waals surface area contributed by atoms with Gasteiger partial charge in [0.1, 0.15) is 5.69 Å². The van der Waals surface area contributed by atoms with Crippen molar-refractivity contribution in [3.05, 3.63) is 78.1 Å². The molecule has 29 heavy (non-hydrogen) atoms. The molecule has 4 rings (SSSR count). The number of rotatable bonds is 4. The van der Waals surface area contributed by atoms with Crippen LogP contribution in [0.25, 0.3) is 22.2 Å². The molecular formula is C22H19N5O2. The van der Waals surface area contributed by atoms with Crippen LogP contribution < -0.4 is 16.4 Å². The summed E-state index contributed by atoms with van der Waals surface area (Å²) in [4.78, 5) is 31.5. The molecule has 0 spiro atoms. The van der Waals surface area contributed by atoms with E-state index in [1.54, 1.807) is 24.4 Å². The molecule has 0 saturated carbocycles. The van der Waals surface area contributed by atoms with Crippen LogP contribution >= 0.6 is 0 Å². The number of hydrogen-bond donors (Lipinski definition) is 4. The van der Waals surface area contributed by atoms with Crippen molar-refractivity contribution in [1.29, 1.82) is 0 Å². The molecule has 0 fully saturated rings. The van der Waals surface area contributed by atoms with Gasteiger partial charge in [-0.05, 0) is 48.9 Å². The average Bonchev–Trinajstić information content (AvgIpc) is 3.10. The predicted octanol–water partition coefficient (Wildman–Crippen LogP) is 4.28. The van der Waals surface area contributed by atoms with Gasteiger partial charge in [-0.3, -0.25) is 9.78 Å². The van der Waals surface area contributed by atoms with Gasteiger partial charge in [0.15, 0.2) is 0 Å². The van der Waals surface area contributed by atoms with E-state index < -0.39 is 5.91 Å². The maximum absolute atomic E-state index is 12.2. The van der Waals surface area contributed by atoms with Gasteiger partial charge in [-0.1, -0.05) is 29.8 Å². The van der Waals surface area contributed by atoms with Gasteiger partial charge >= 0.3 is 6.03 Å². The highest BCUT2D eigenvalue weighted by Crippen LogP contribution is 2.31. The van der Waals surface area contributed by atoms with Crippen molar-refractivity contribution in [3.63, 3.8) is 0 Å². The van der Waals surface area contributed by atoms with E-state index in [-0.39, 0.29) is 6.03 Å². The van der Waals surface area contributed by atoms with Crippen LogP contribution in [-0.4, -0.2) is 21.9 Å². The number of pyridine rings is 1. The van der Waals surface area contributed by atoms with Crippen LogP contribution in [0.4, 0.5) is 16.2 Å². The fourth-order valence-electron chi connectivity index (χ4n) is 3.14. The number of aryl methyl sites for hydroxylation is 1. The quantitative estimate of drug-likeness (QED) is 0.420. The molecule has 0 saturated heterocycles. The number of carbonyl (C=O) groups excluding carboxylic acids is 2. The van der Waals surface area contributed by atoms with E-state index in [2.05, 4.69) is 20.6 Å². The fraction of sp³-hybridized carbons (Fsp3) is 0.0455. The number of urea groups is 1. The van der Waals surface area contributed by atoms with Crippen molar-refractivity contribution in [2.24, 2.45) is 5.73 Å². The van der Waals surface area contributed by atoms with E-state index in [1.807, 2.05) is 49.4 Å². The van der Waals surface area contributed by atoms with E-state index in [0.717, 1.165) is 16.6 Å². The summed E-state index contributed by atoms with van der Waals surface area (Å²) in [5, 5.41) is 5.57. The van der Waals surface area contributed by atoms with Crippen LogP contribution in [0.5, 0.6) is 0 Å². The number of H-pyrrole nitrogens is 1. The lowest BCUT2D eigenvalue weighted by Gasteiger charge is -2.09. The van der Waals surface area contributed by atoms with Crippen molar-refractivity contribution in [2.75, 3.05) is 10.6 Å². The second kappa shape index (κ2) is 7.47. The first kappa shape index (κ1) is 18.2. The highest BCUT2D eigenvalue weighted by Gasteiger charge is 2.18. The zero-order valence-corrected chi connectivity index (χ0v) is 15.7. The lowest BCUT2D eigenvalue weighted by atomic mass is 10.0. The number of nitrogens with two attached hydrogens (primary N) is 1. The zero-order valence-electron chi connectivity index (χ0n) is 15.7. The molecule has 2 aromatic carbocycles. The Morgan fingerprint density at radius 2 is 1.55 bits per heavy atom. The van der Waals surface area contributed by atoms with Gasteiger partial charge < -0.3 is 21.4 Å². The van der Waals surface area contributed by atoms with Crippen LogP contribution in [0.3, 0.4) is 0 Å². The van der Waals surface area contributed by atoms with E-state index in [1.165, 1.54) is 0 Å². The maximum atomic E-state index is 12.2. The first-order valence-electron chi connectivity index (χ1n) is 9.03. The standard InChI is InChI=1S/C22H19N5O2/c1-13-4-8-15(9-5-13)25-22(29)26-16-10-6-14(7-11-16)18-19-17(3-2-12-24-19)27-20(18)21(23)28/h2-12,27H,1H3,(H2,23,28)(H2,25,26,29). The van der Waals surface area contributed by atoms with E-state index in [9.17, 15) is 9.59 Å². The summed E-state index contributed by atoms with van der Waals surface area (Å²) < 4.78 is 0. The first-order chi connectivity index (χ1) is 14.0. The molecule has 0 atom stereocenters. The molecule has 3 amide bonds. The van der Waals surface area contributed by atoms with Crippen LogP contribution in [-0.2, 0) is 0 Å². The minimum atomic E-state index is -0.558. The molecule has 7 nitrogen and oxygen atoms in total. The highest BCUT2D eigenvalue weighted by atomic mass is 16.2. The van der Waals surface area contributed by atoms with Crippen molar-refractivity contribution in [1.82, 2.24) is 9.97 Å². The third kappa shape index (κ3) is 3.79. The van der Waals surface area contributed by atoms with Gasteiger partial charge in [-0.25, -0.2) is 4.79 Å². The first-order valence-corrected chi connectivity index (χ1v) is 9.03. The molecule has 0 unspecified atom stereocenters. The molecule has 0 radical (unpaired) electrons. The lowest BCUT2D eigenvalue weighted by Crippen LogP contribution is -2.19. The van der Waals surface area contributed by atoms with Crippen LogP contribution in [0, 0.1) is 6.92 Å². The predicted molar refractivity (Wildman–Crippen MR) is 114 cm³/mol. The highest BCUT2D eigenvalue weighted by molar-refractivity contribution is 6.08. The smallest absolute Gasteiger partial charge is 0.323 e. The topological polar surface area (TPSA) is 113 Å². The number of anilines is 2. The molecule has 7 heteroatoms. The minimum Gasteiger partial charge on any atom is -0.364 e. The maximum Gasteiger partial charge on any atom is 0.323 e. The fourth-order valence-corrected chi connectivity index (χ4v) is 3.14. The van der Waals surface area contributed by atoms with Crippen molar-refractivity contribution in [3.8, 4) is 11.1 Å². The Hall–Kier alpha value is -4.13. The Morgan fingerprint density at radius 1 is 0.931 bits per heavy atom. The molecule has 2 heterocycles. The molecular weight excluding hydrogens is 366 g/mol. The molecule has 2 aromatic heterocycles. The number of nitrogens with one attached hydrogen (secondary N) is 3. The Bertz CT molecular complexity index is 1190. The normalized spacial score (nSPS) is 10.7. The molecule has 0 bridgehead atoms. The second-order valence-electron chi connectivity index (χ2n) is 6.66. The summed E-state index contributed by atoms with van der Waals surface area (Å²) in [5.74, 6) is -0.558. The number of carbonyl (C=O) groups is 2. The lowest BCUT2D eigenvalue weighted by molar-refractivity contribution is 0.0997. The summed E-state index contributed by atoms with van der Waals surface area (Å²) in [6, 6.07) is 18.0. The van der Waals surface area contributed by atoms with Crippen molar-refractivity contribution < 1.29 is 9.59 Å². The van der Waals surface area contributed by atoms with Crippen LogP contribution in [0.1, 0.15) is 16.1 Å². The van der Waals surface area contributed by atoms with Gasteiger partial charge in [-0.15, -0.1) is 0 Å². The third-order valence-corrected chi connectivity index (χ3v) is 4.54. The van der Waals surface area contributed by atoms with Gasteiger partial charge in [0.25, 0.3) is 5.91 Å². The Kier molecular flexibility index (Phi) is 4.70. The summed E-state index contributed by atoms with van der Waals surface area (Å²) in [6.45, 7) is 1.98. The SMILES string of the molecule is Cc1ccc(NC(=O)Nc2ccc(-c3c(C(N)=O)[nH]c4cccnc34)cc2)cc1. The molecule has 0 aliphatic heterocycles. The van der Waals surface area contributed by atoms with Gasteiger partial charge in [0.05, 0.1) is 11.0 Å². The number of fused-ring (bicyclic) bond motifs is 1.